The number of anilines is 2. The molecule has 0 unspecified atom stereocenters. The van der Waals surface area contributed by atoms with Crippen molar-refractivity contribution < 1.29 is 22.3 Å². The Bertz CT molecular complexity index is 1080. The summed E-state index contributed by atoms with van der Waals surface area (Å²) in [6, 6.07) is 10.4. The fourth-order valence-electron chi connectivity index (χ4n) is 4.02. The van der Waals surface area contributed by atoms with Gasteiger partial charge in [-0.3, -0.25) is 4.79 Å². The SMILES string of the molecule is CC(C)CC(=O)Nc1ccc(N(C)C)c(CN(C[C@H]2CCCO2)S(=O)(=O)c2ccc(F)cc2)c1. The summed E-state index contributed by atoms with van der Waals surface area (Å²) in [5.41, 5.74) is 2.20. The summed E-state index contributed by atoms with van der Waals surface area (Å²) >= 11 is 0. The number of nitrogens with one attached hydrogen (secondary N) is 1. The molecule has 1 fully saturated rings. The normalized spacial score (nSPS) is 16.3. The van der Waals surface area contributed by atoms with E-state index in [1.165, 1.54) is 16.4 Å². The van der Waals surface area contributed by atoms with E-state index in [9.17, 15) is 17.6 Å². The Labute approximate surface area is 201 Å². The molecular weight excluding hydrogens is 457 g/mol. The molecular formula is C25H34FN3O4S. The van der Waals surface area contributed by atoms with Crippen LogP contribution in [0.15, 0.2) is 47.4 Å². The number of carbonyl (C=O) groups excluding carboxylic acids is 1. The number of halogens is 1. The summed E-state index contributed by atoms with van der Waals surface area (Å²) < 4.78 is 47.7. The zero-order chi connectivity index (χ0) is 24.9. The summed E-state index contributed by atoms with van der Waals surface area (Å²) in [4.78, 5) is 14.2. The molecule has 0 radical (unpaired) electrons. The molecule has 0 aliphatic carbocycles. The molecule has 186 valence electrons. The molecule has 1 amide bonds. The second-order valence-electron chi connectivity index (χ2n) is 9.27. The first-order chi connectivity index (χ1) is 16.1. The largest absolute Gasteiger partial charge is 0.377 e. The maximum absolute atomic E-state index is 13.6. The predicted molar refractivity (Wildman–Crippen MR) is 132 cm³/mol. The van der Waals surface area contributed by atoms with Gasteiger partial charge in [-0.2, -0.15) is 4.31 Å². The van der Waals surface area contributed by atoms with Gasteiger partial charge in [0.05, 0.1) is 11.0 Å². The fraction of sp³-hybridized carbons (Fsp3) is 0.480. The highest BCUT2D eigenvalue weighted by molar-refractivity contribution is 7.89. The molecule has 1 atom stereocenters. The van der Waals surface area contributed by atoms with Gasteiger partial charge in [-0.1, -0.05) is 13.8 Å². The lowest BCUT2D eigenvalue weighted by Crippen LogP contribution is -2.37. The molecule has 2 aromatic rings. The summed E-state index contributed by atoms with van der Waals surface area (Å²) in [5.74, 6) is -0.360. The number of carbonyl (C=O) groups is 1. The van der Waals surface area contributed by atoms with Crippen molar-refractivity contribution in [3.63, 3.8) is 0 Å². The predicted octanol–water partition coefficient (Wildman–Crippen LogP) is 4.25. The van der Waals surface area contributed by atoms with E-state index >= 15 is 0 Å². The van der Waals surface area contributed by atoms with E-state index in [0.29, 0.717) is 18.7 Å². The molecule has 2 aromatic carbocycles. The zero-order valence-corrected chi connectivity index (χ0v) is 21.1. The molecule has 0 bridgehead atoms. The van der Waals surface area contributed by atoms with Crippen LogP contribution in [0, 0.1) is 11.7 Å². The molecule has 7 nitrogen and oxygen atoms in total. The fourth-order valence-corrected chi connectivity index (χ4v) is 5.47. The van der Waals surface area contributed by atoms with Crippen LogP contribution in [0.25, 0.3) is 0 Å². The number of benzene rings is 2. The van der Waals surface area contributed by atoms with Crippen LogP contribution in [-0.4, -0.2) is 52.0 Å². The molecule has 0 spiro atoms. The van der Waals surface area contributed by atoms with Crippen molar-refractivity contribution in [3.05, 3.63) is 53.8 Å². The Morgan fingerprint density at radius 2 is 1.88 bits per heavy atom. The number of nitrogens with zero attached hydrogens (tertiary/aromatic N) is 2. The topological polar surface area (TPSA) is 79.0 Å². The first-order valence-electron chi connectivity index (χ1n) is 11.5. The first kappa shape index (κ1) is 26.1. The molecule has 0 saturated carbocycles. The minimum atomic E-state index is -3.92. The van der Waals surface area contributed by atoms with Gasteiger partial charge >= 0.3 is 0 Å². The average Bonchev–Trinajstić information content (AvgIpc) is 3.26. The van der Waals surface area contributed by atoms with Gasteiger partial charge in [0.2, 0.25) is 15.9 Å². The van der Waals surface area contributed by atoms with Crippen LogP contribution >= 0.6 is 0 Å². The Morgan fingerprint density at radius 3 is 2.47 bits per heavy atom. The van der Waals surface area contributed by atoms with E-state index in [4.69, 9.17) is 4.74 Å². The Balaban J connectivity index is 1.95. The van der Waals surface area contributed by atoms with Crippen LogP contribution < -0.4 is 10.2 Å². The molecule has 0 aromatic heterocycles. The zero-order valence-electron chi connectivity index (χ0n) is 20.3. The molecule has 9 heteroatoms. The number of hydrogen-bond donors (Lipinski definition) is 1. The van der Waals surface area contributed by atoms with Crippen LogP contribution in [0.4, 0.5) is 15.8 Å². The van der Waals surface area contributed by atoms with Crippen molar-refractivity contribution in [1.82, 2.24) is 4.31 Å². The minimum absolute atomic E-state index is 0.0275. The lowest BCUT2D eigenvalue weighted by Gasteiger charge is -2.27. The standard InChI is InChI=1S/C25H34FN3O4S/c1-18(2)14-25(30)27-21-9-12-24(28(3)4)19(15-21)16-29(17-22-6-5-13-33-22)34(31,32)23-10-7-20(26)8-11-23/h7-12,15,18,22H,5-6,13-14,16-17H2,1-4H3,(H,27,30)/t22-/m1/s1. The maximum Gasteiger partial charge on any atom is 0.243 e. The highest BCUT2D eigenvalue weighted by atomic mass is 32.2. The van der Waals surface area contributed by atoms with E-state index in [2.05, 4.69) is 5.32 Å². The van der Waals surface area contributed by atoms with Gasteiger partial charge in [-0.05, 0) is 66.8 Å². The lowest BCUT2D eigenvalue weighted by atomic mass is 10.1. The second-order valence-corrected chi connectivity index (χ2v) is 11.2. The van der Waals surface area contributed by atoms with Crippen LogP contribution in [0.2, 0.25) is 0 Å². The third-order valence-electron chi connectivity index (χ3n) is 5.67. The number of ether oxygens (including phenoxy) is 1. The van der Waals surface area contributed by atoms with Crippen LogP contribution in [0.3, 0.4) is 0 Å². The van der Waals surface area contributed by atoms with E-state index < -0.39 is 15.8 Å². The number of amides is 1. The monoisotopic (exact) mass is 491 g/mol. The second kappa shape index (κ2) is 11.3. The summed E-state index contributed by atoms with van der Waals surface area (Å²) in [6.45, 7) is 4.83. The van der Waals surface area contributed by atoms with Crippen molar-refractivity contribution >= 4 is 27.3 Å². The van der Waals surface area contributed by atoms with Crippen molar-refractivity contribution in [2.45, 2.75) is 50.7 Å². The minimum Gasteiger partial charge on any atom is -0.377 e. The van der Waals surface area contributed by atoms with Gasteiger partial charge in [0.1, 0.15) is 5.82 Å². The smallest absolute Gasteiger partial charge is 0.243 e. The van der Waals surface area contributed by atoms with Crippen molar-refractivity contribution in [2.24, 2.45) is 5.92 Å². The highest BCUT2D eigenvalue weighted by Crippen LogP contribution is 2.28. The third-order valence-corrected chi connectivity index (χ3v) is 7.49. The third kappa shape index (κ3) is 6.77. The van der Waals surface area contributed by atoms with Gasteiger partial charge in [-0.25, -0.2) is 12.8 Å². The van der Waals surface area contributed by atoms with Crippen molar-refractivity contribution in [1.29, 1.82) is 0 Å². The van der Waals surface area contributed by atoms with E-state index in [1.54, 1.807) is 0 Å². The molecule has 3 rings (SSSR count). The van der Waals surface area contributed by atoms with Crippen molar-refractivity contribution in [2.75, 3.05) is 37.5 Å². The van der Waals surface area contributed by atoms with Crippen LogP contribution in [0.5, 0.6) is 0 Å². The Hall–Kier alpha value is -2.49. The van der Waals surface area contributed by atoms with Gasteiger partial charge in [0, 0.05) is 51.6 Å². The van der Waals surface area contributed by atoms with Gasteiger partial charge in [0.25, 0.3) is 0 Å². The van der Waals surface area contributed by atoms with Gasteiger partial charge in [-0.15, -0.1) is 0 Å². The van der Waals surface area contributed by atoms with Gasteiger partial charge in [0.15, 0.2) is 0 Å². The van der Waals surface area contributed by atoms with E-state index in [1.807, 2.05) is 51.0 Å². The highest BCUT2D eigenvalue weighted by Gasteiger charge is 2.30. The number of sulfonamides is 1. The van der Waals surface area contributed by atoms with Crippen molar-refractivity contribution in [3.8, 4) is 0 Å². The Morgan fingerprint density at radius 1 is 1.18 bits per heavy atom. The molecule has 1 aliphatic rings. The summed E-state index contributed by atoms with van der Waals surface area (Å²) in [7, 11) is -0.150. The Kier molecular flexibility index (Phi) is 8.67. The van der Waals surface area contributed by atoms with Gasteiger partial charge < -0.3 is 15.0 Å². The number of rotatable bonds is 10. The van der Waals surface area contributed by atoms with E-state index in [-0.39, 0.29) is 35.9 Å². The summed E-state index contributed by atoms with van der Waals surface area (Å²) in [5, 5.41) is 2.91. The molecule has 1 saturated heterocycles. The molecule has 1 N–H and O–H groups in total. The molecule has 1 aliphatic heterocycles. The van der Waals surface area contributed by atoms with E-state index in [0.717, 1.165) is 36.2 Å². The molecule has 34 heavy (non-hydrogen) atoms. The maximum atomic E-state index is 13.6. The quantitative estimate of drug-likeness (QED) is 0.538. The number of hydrogen-bond acceptors (Lipinski definition) is 5. The van der Waals surface area contributed by atoms with Crippen LogP contribution in [0.1, 0.15) is 38.7 Å². The lowest BCUT2D eigenvalue weighted by molar-refractivity contribution is -0.116. The first-order valence-corrected chi connectivity index (χ1v) is 13.0. The average molecular weight is 492 g/mol. The van der Waals surface area contributed by atoms with Crippen LogP contribution in [-0.2, 0) is 26.1 Å². The summed E-state index contributed by atoms with van der Waals surface area (Å²) in [6.07, 6.45) is 1.86. The molecule has 1 heterocycles.